The Kier molecular flexibility index (Phi) is 5.22. The van der Waals surface area contributed by atoms with E-state index in [4.69, 9.17) is 10.5 Å². The van der Waals surface area contributed by atoms with E-state index < -0.39 is 0 Å². The van der Waals surface area contributed by atoms with Crippen molar-refractivity contribution in [3.05, 3.63) is 72.4 Å². The normalized spacial score (nSPS) is 12.2. The summed E-state index contributed by atoms with van der Waals surface area (Å²) in [6.45, 7) is 0.722. The van der Waals surface area contributed by atoms with Gasteiger partial charge in [-0.2, -0.15) is 0 Å². The van der Waals surface area contributed by atoms with Crippen molar-refractivity contribution < 1.29 is 4.74 Å². The molecule has 0 fully saturated rings. The van der Waals surface area contributed by atoms with E-state index in [1.165, 1.54) is 5.56 Å². The molecule has 0 aliphatic carbocycles. The largest absolute Gasteiger partial charge is 0.485 e. The molecule has 1 aromatic heterocycles. The molecule has 0 amide bonds. The van der Waals surface area contributed by atoms with Crippen LogP contribution in [0.5, 0.6) is 5.75 Å². The van der Waals surface area contributed by atoms with Crippen LogP contribution in [0.4, 0.5) is 0 Å². The van der Waals surface area contributed by atoms with Gasteiger partial charge in [-0.3, -0.25) is 4.98 Å². The second kappa shape index (κ2) is 7.75. The summed E-state index contributed by atoms with van der Waals surface area (Å²) in [4.78, 5) is 4.40. The quantitative estimate of drug-likeness (QED) is 0.654. The third-order valence-corrected chi connectivity index (χ3v) is 3.97. The topological polar surface area (TPSA) is 48.1 Å². The zero-order valence-electron chi connectivity index (χ0n) is 13.2. The molecule has 3 nitrogen and oxygen atoms in total. The highest BCUT2D eigenvalue weighted by atomic mass is 16.5. The van der Waals surface area contributed by atoms with Crippen LogP contribution in [-0.2, 0) is 0 Å². The van der Waals surface area contributed by atoms with Crippen LogP contribution in [0.25, 0.3) is 10.9 Å². The van der Waals surface area contributed by atoms with Crippen LogP contribution < -0.4 is 10.5 Å². The number of para-hydroxylation sites is 1. The molecule has 0 aliphatic rings. The molecule has 1 atom stereocenters. The first-order chi connectivity index (χ1) is 11.4. The standard InChI is InChI=1S/C20H22N2O/c21-14-7-6-12-19(16-8-2-1-3-9-16)23-20-13-15-22-18-11-5-4-10-17(18)20/h1-5,8-11,13,15,19H,6-7,12,14,21H2. The fraction of sp³-hybridized carbons (Fsp3) is 0.250. The molecule has 2 aromatic carbocycles. The van der Waals surface area contributed by atoms with Gasteiger partial charge in [0.25, 0.3) is 0 Å². The van der Waals surface area contributed by atoms with Crippen LogP contribution >= 0.6 is 0 Å². The lowest BCUT2D eigenvalue weighted by molar-refractivity contribution is 0.193. The summed E-state index contributed by atoms with van der Waals surface area (Å²) in [5, 5.41) is 1.05. The molecule has 0 spiro atoms. The predicted molar refractivity (Wildman–Crippen MR) is 94.5 cm³/mol. The van der Waals surface area contributed by atoms with Crippen LogP contribution in [0.15, 0.2) is 66.9 Å². The molecule has 0 radical (unpaired) electrons. The van der Waals surface area contributed by atoms with Gasteiger partial charge in [0.2, 0.25) is 0 Å². The fourth-order valence-electron chi connectivity index (χ4n) is 2.76. The minimum atomic E-state index is 0.0357. The average Bonchev–Trinajstić information content (AvgIpc) is 2.62. The molecule has 118 valence electrons. The molecule has 1 unspecified atom stereocenters. The Labute approximate surface area is 137 Å². The number of pyridine rings is 1. The SMILES string of the molecule is NCCCCC(Oc1ccnc2ccccc12)c1ccccc1. The number of fused-ring (bicyclic) bond motifs is 1. The summed E-state index contributed by atoms with van der Waals surface area (Å²) in [7, 11) is 0. The van der Waals surface area contributed by atoms with Gasteiger partial charge in [-0.25, -0.2) is 0 Å². The molecule has 0 saturated carbocycles. The molecular formula is C20H22N2O. The smallest absolute Gasteiger partial charge is 0.131 e. The van der Waals surface area contributed by atoms with Gasteiger partial charge in [0.05, 0.1) is 5.52 Å². The molecule has 23 heavy (non-hydrogen) atoms. The number of aromatic nitrogens is 1. The number of hydrogen-bond donors (Lipinski definition) is 1. The van der Waals surface area contributed by atoms with Crippen molar-refractivity contribution in [2.75, 3.05) is 6.54 Å². The average molecular weight is 306 g/mol. The number of nitrogens with two attached hydrogens (primary N) is 1. The Hall–Kier alpha value is -2.39. The van der Waals surface area contributed by atoms with Crippen LogP contribution in [0, 0.1) is 0 Å². The van der Waals surface area contributed by atoms with Crippen molar-refractivity contribution in [2.45, 2.75) is 25.4 Å². The summed E-state index contributed by atoms with van der Waals surface area (Å²) in [5.41, 5.74) is 7.79. The lowest BCUT2D eigenvalue weighted by Gasteiger charge is -2.20. The predicted octanol–water partition coefficient (Wildman–Crippen LogP) is 4.48. The molecule has 3 heteroatoms. The molecule has 0 bridgehead atoms. The summed E-state index contributed by atoms with van der Waals surface area (Å²) >= 11 is 0. The van der Waals surface area contributed by atoms with Gasteiger partial charge in [-0.05, 0) is 49.6 Å². The van der Waals surface area contributed by atoms with E-state index in [0.717, 1.165) is 42.5 Å². The van der Waals surface area contributed by atoms with Gasteiger partial charge in [0.1, 0.15) is 11.9 Å². The van der Waals surface area contributed by atoms with Crippen molar-refractivity contribution in [3.63, 3.8) is 0 Å². The summed E-state index contributed by atoms with van der Waals surface area (Å²) in [6, 6.07) is 20.4. The summed E-state index contributed by atoms with van der Waals surface area (Å²) < 4.78 is 6.38. The van der Waals surface area contributed by atoms with Crippen LogP contribution in [0.2, 0.25) is 0 Å². The first-order valence-electron chi connectivity index (χ1n) is 8.14. The molecule has 1 heterocycles. The molecule has 0 aliphatic heterocycles. The van der Waals surface area contributed by atoms with Crippen LogP contribution in [0.3, 0.4) is 0 Å². The Balaban J connectivity index is 1.87. The number of ether oxygens (including phenoxy) is 1. The maximum atomic E-state index is 6.38. The molecule has 2 N–H and O–H groups in total. The summed E-state index contributed by atoms with van der Waals surface area (Å²) in [6.07, 6.45) is 4.87. The zero-order chi connectivity index (χ0) is 15.9. The van der Waals surface area contributed by atoms with Crippen LogP contribution in [-0.4, -0.2) is 11.5 Å². The van der Waals surface area contributed by atoms with Gasteiger partial charge in [0.15, 0.2) is 0 Å². The number of hydrogen-bond acceptors (Lipinski definition) is 3. The molecule has 0 saturated heterocycles. The second-order valence-electron chi connectivity index (χ2n) is 5.63. The summed E-state index contributed by atoms with van der Waals surface area (Å²) in [5.74, 6) is 0.886. The van der Waals surface area contributed by atoms with E-state index in [0.29, 0.717) is 0 Å². The lowest BCUT2D eigenvalue weighted by Crippen LogP contribution is -2.09. The highest BCUT2D eigenvalue weighted by Crippen LogP contribution is 2.31. The van der Waals surface area contributed by atoms with E-state index in [-0.39, 0.29) is 6.10 Å². The first-order valence-corrected chi connectivity index (χ1v) is 8.14. The Morgan fingerprint density at radius 3 is 2.52 bits per heavy atom. The van der Waals surface area contributed by atoms with Gasteiger partial charge in [0, 0.05) is 11.6 Å². The van der Waals surface area contributed by atoms with E-state index in [1.807, 2.05) is 30.3 Å². The van der Waals surface area contributed by atoms with Gasteiger partial charge in [-0.1, -0.05) is 42.5 Å². The van der Waals surface area contributed by atoms with E-state index in [1.54, 1.807) is 6.20 Å². The Morgan fingerprint density at radius 1 is 0.913 bits per heavy atom. The van der Waals surface area contributed by atoms with Gasteiger partial charge >= 0.3 is 0 Å². The van der Waals surface area contributed by atoms with Gasteiger partial charge < -0.3 is 10.5 Å². The van der Waals surface area contributed by atoms with E-state index in [2.05, 4.69) is 35.3 Å². The number of benzene rings is 2. The molecule has 3 rings (SSSR count). The number of rotatable bonds is 7. The maximum Gasteiger partial charge on any atom is 0.131 e. The second-order valence-corrected chi connectivity index (χ2v) is 5.63. The van der Waals surface area contributed by atoms with Gasteiger partial charge in [-0.15, -0.1) is 0 Å². The minimum Gasteiger partial charge on any atom is -0.485 e. The minimum absolute atomic E-state index is 0.0357. The highest BCUT2D eigenvalue weighted by molar-refractivity contribution is 5.84. The highest BCUT2D eigenvalue weighted by Gasteiger charge is 2.14. The van der Waals surface area contributed by atoms with Crippen molar-refractivity contribution in [3.8, 4) is 5.75 Å². The van der Waals surface area contributed by atoms with Crippen molar-refractivity contribution in [1.82, 2.24) is 4.98 Å². The fourth-order valence-corrected chi connectivity index (χ4v) is 2.76. The van der Waals surface area contributed by atoms with E-state index in [9.17, 15) is 0 Å². The monoisotopic (exact) mass is 306 g/mol. The zero-order valence-corrected chi connectivity index (χ0v) is 13.2. The van der Waals surface area contributed by atoms with Crippen LogP contribution in [0.1, 0.15) is 30.9 Å². The number of nitrogens with zero attached hydrogens (tertiary/aromatic N) is 1. The van der Waals surface area contributed by atoms with Crippen molar-refractivity contribution >= 4 is 10.9 Å². The van der Waals surface area contributed by atoms with E-state index >= 15 is 0 Å². The lowest BCUT2D eigenvalue weighted by atomic mass is 10.0. The molecule has 3 aromatic rings. The first kappa shape index (κ1) is 15.5. The Morgan fingerprint density at radius 2 is 1.70 bits per heavy atom. The molecular weight excluding hydrogens is 284 g/mol. The third kappa shape index (κ3) is 3.88. The number of unbranched alkanes of at least 4 members (excludes halogenated alkanes) is 1. The maximum absolute atomic E-state index is 6.38. The van der Waals surface area contributed by atoms with Crippen molar-refractivity contribution in [1.29, 1.82) is 0 Å². The third-order valence-electron chi connectivity index (χ3n) is 3.97. The van der Waals surface area contributed by atoms with Crippen molar-refractivity contribution in [2.24, 2.45) is 5.73 Å². The Bertz CT molecular complexity index is 737.